The van der Waals surface area contributed by atoms with Gasteiger partial charge in [0.1, 0.15) is 18.7 Å². The Balaban J connectivity index is 4.00. The van der Waals surface area contributed by atoms with Crippen LogP contribution in [-0.4, -0.2) is 124 Å². The molecule has 0 saturated carbocycles. The van der Waals surface area contributed by atoms with Gasteiger partial charge >= 0.3 is 11.9 Å². The van der Waals surface area contributed by atoms with Crippen LogP contribution in [0.2, 0.25) is 0 Å². The molecule has 0 aromatic heterocycles. The molecule has 0 aliphatic rings. The fourth-order valence-corrected chi connectivity index (χ4v) is 4.58. The molecule has 0 aromatic rings. The van der Waals surface area contributed by atoms with Crippen LogP contribution in [0.5, 0.6) is 0 Å². The lowest BCUT2D eigenvalue weighted by atomic mass is 10.1. The number of carboxylic acid groups (broad SMARTS) is 2. The average molecular weight is 663 g/mol. The van der Waals surface area contributed by atoms with Crippen molar-refractivity contribution in [2.24, 2.45) is 0 Å². The number of hydrogen-bond donors (Lipinski definition) is 7. The Bertz CT molecular complexity index is 1180. The zero-order valence-electron chi connectivity index (χ0n) is 23.4. The molecule has 0 aromatic carbocycles. The average Bonchev–Trinajstić information content (AvgIpc) is 2.86. The van der Waals surface area contributed by atoms with Gasteiger partial charge in [0.15, 0.2) is 0 Å². The number of hydrogen-bond acceptors (Lipinski definition) is 12. The van der Waals surface area contributed by atoms with Crippen LogP contribution in [0, 0.1) is 0 Å². The number of aliphatic carboxylic acids is 2. The second-order valence-corrected chi connectivity index (χ2v) is 12.4. The third kappa shape index (κ3) is 22.8. The van der Waals surface area contributed by atoms with Crippen LogP contribution in [-0.2, 0) is 58.4 Å². The van der Waals surface area contributed by atoms with Gasteiger partial charge in [-0.3, -0.25) is 33.2 Å². The van der Waals surface area contributed by atoms with Crippen molar-refractivity contribution in [3.63, 3.8) is 0 Å². The fourth-order valence-electron chi connectivity index (χ4n) is 2.99. The summed E-state index contributed by atoms with van der Waals surface area (Å²) in [4.78, 5) is 69.0. The van der Waals surface area contributed by atoms with Crippen LogP contribution in [0.1, 0.15) is 45.4 Å². The topological polar surface area (TPSA) is 298 Å². The first-order chi connectivity index (χ1) is 19.9. The van der Waals surface area contributed by atoms with E-state index in [1.54, 1.807) is 4.72 Å². The SMILES string of the molecule is C[C@@H](NC(=O)CC[C@H](NC(=O)COCCOCCNC(=O)CCCS(=O)(=O)NC(=O)CCCS(=O)(=O)O)C(=O)O)C(=O)O. The van der Waals surface area contributed by atoms with E-state index in [4.69, 9.17) is 19.1 Å². The number of carbonyl (C=O) groups is 6. The molecular formula is C22H38N4O15S2. The smallest absolute Gasteiger partial charge is 0.326 e. The number of carboxylic acids is 2. The highest BCUT2D eigenvalue weighted by Crippen LogP contribution is 2.00. The number of amides is 4. The molecule has 19 nitrogen and oxygen atoms in total. The Hall–Kier alpha value is -3.40. The predicted octanol–water partition coefficient (Wildman–Crippen LogP) is -3.03. The maximum absolute atomic E-state index is 11.9. The van der Waals surface area contributed by atoms with E-state index >= 15 is 0 Å². The molecule has 0 radical (unpaired) electrons. The molecule has 0 unspecified atom stereocenters. The van der Waals surface area contributed by atoms with Gasteiger partial charge in [0.2, 0.25) is 33.7 Å². The van der Waals surface area contributed by atoms with Gasteiger partial charge in [-0.2, -0.15) is 8.42 Å². The van der Waals surface area contributed by atoms with Gasteiger partial charge in [-0.25, -0.2) is 13.2 Å². The van der Waals surface area contributed by atoms with Gasteiger partial charge in [0.05, 0.1) is 31.3 Å². The third-order valence-corrected chi connectivity index (χ3v) is 7.28. The highest BCUT2D eigenvalue weighted by molar-refractivity contribution is 7.90. The van der Waals surface area contributed by atoms with Gasteiger partial charge in [0, 0.05) is 25.8 Å². The van der Waals surface area contributed by atoms with Crippen LogP contribution >= 0.6 is 0 Å². The van der Waals surface area contributed by atoms with Gasteiger partial charge in [-0.05, 0) is 26.2 Å². The van der Waals surface area contributed by atoms with Crippen molar-refractivity contribution < 1.29 is 69.8 Å². The molecule has 0 saturated heterocycles. The van der Waals surface area contributed by atoms with Gasteiger partial charge in [-0.1, -0.05) is 0 Å². The summed E-state index contributed by atoms with van der Waals surface area (Å²) in [5, 5.41) is 24.8. The zero-order chi connectivity index (χ0) is 33.1. The minimum atomic E-state index is -4.26. The third-order valence-electron chi connectivity index (χ3n) is 5.11. The van der Waals surface area contributed by atoms with Crippen molar-refractivity contribution in [3.8, 4) is 0 Å². The van der Waals surface area contributed by atoms with Crippen molar-refractivity contribution >= 4 is 55.7 Å². The molecule has 0 rings (SSSR count). The number of ether oxygens (including phenoxy) is 2. The molecule has 21 heteroatoms. The van der Waals surface area contributed by atoms with Gasteiger partial charge in [0.25, 0.3) is 10.1 Å². The molecule has 0 aliphatic carbocycles. The Kier molecular flexibility index (Phi) is 18.9. The van der Waals surface area contributed by atoms with E-state index in [2.05, 4.69) is 16.0 Å². The lowest BCUT2D eigenvalue weighted by molar-refractivity contribution is -0.143. The summed E-state index contributed by atoms with van der Waals surface area (Å²) in [5.41, 5.74) is 0. The molecule has 0 aliphatic heterocycles. The lowest BCUT2D eigenvalue weighted by Crippen LogP contribution is -2.44. The number of nitrogens with one attached hydrogen (secondary N) is 4. The molecule has 0 fully saturated rings. The Morgan fingerprint density at radius 1 is 0.721 bits per heavy atom. The molecule has 2 atom stereocenters. The summed E-state index contributed by atoms with van der Waals surface area (Å²) in [5.74, 6) is -6.74. The summed E-state index contributed by atoms with van der Waals surface area (Å²) in [6.45, 7) is 0.854. The first-order valence-corrected chi connectivity index (χ1v) is 16.1. The summed E-state index contributed by atoms with van der Waals surface area (Å²) in [6.07, 6.45) is -1.57. The first kappa shape index (κ1) is 39.6. The maximum atomic E-state index is 11.9. The van der Waals surface area contributed by atoms with Crippen LogP contribution in [0.3, 0.4) is 0 Å². The molecule has 0 bridgehead atoms. The molecule has 248 valence electrons. The number of carbonyl (C=O) groups excluding carboxylic acids is 4. The van der Waals surface area contributed by atoms with Crippen molar-refractivity contribution in [1.82, 2.24) is 20.7 Å². The molecule has 7 N–H and O–H groups in total. The number of sulfonamides is 1. The van der Waals surface area contributed by atoms with Crippen LogP contribution < -0.4 is 20.7 Å². The molecule has 0 heterocycles. The molecular weight excluding hydrogens is 624 g/mol. The second-order valence-electron chi connectivity index (χ2n) is 8.98. The van der Waals surface area contributed by atoms with Crippen molar-refractivity contribution in [2.45, 2.75) is 57.5 Å². The monoisotopic (exact) mass is 662 g/mol. The first-order valence-electron chi connectivity index (χ1n) is 12.9. The van der Waals surface area contributed by atoms with Crippen LogP contribution in [0.25, 0.3) is 0 Å². The summed E-state index contributed by atoms with van der Waals surface area (Å²) >= 11 is 0. The highest BCUT2D eigenvalue weighted by Gasteiger charge is 2.22. The van der Waals surface area contributed by atoms with E-state index in [1.807, 2.05) is 0 Å². The second kappa shape index (κ2) is 20.5. The Morgan fingerprint density at radius 2 is 1.33 bits per heavy atom. The largest absolute Gasteiger partial charge is 0.480 e. The fraction of sp³-hybridized carbons (Fsp3) is 0.727. The van der Waals surface area contributed by atoms with Gasteiger partial charge in [-0.15, -0.1) is 0 Å². The van der Waals surface area contributed by atoms with E-state index < -0.39 is 92.3 Å². The minimum Gasteiger partial charge on any atom is -0.480 e. The van der Waals surface area contributed by atoms with E-state index in [9.17, 15) is 50.7 Å². The van der Waals surface area contributed by atoms with Gasteiger partial charge < -0.3 is 35.6 Å². The Labute approximate surface area is 248 Å². The highest BCUT2D eigenvalue weighted by atomic mass is 32.2. The lowest BCUT2D eigenvalue weighted by Gasteiger charge is -2.15. The van der Waals surface area contributed by atoms with Crippen molar-refractivity contribution in [2.75, 3.05) is 44.5 Å². The standard InChI is InChI=1S/C22H38N4O15S2/c1-15(21(31)32)24-18(28)7-6-16(22(33)34)25-20(30)14-41-11-10-40-9-8-23-17(27)4-2-12-42(35,36)26-19(29)5-3-13-43(37,38)39/h15-16H,2-14H2,1H3,(H,23,27)(H,24,28)(H,25,30)(H,26,29)(H,31,32)(H,33,34)(H,37,38,39)/t15-,16+/m1/s1. The number of rotatable bonds is 24. The molecule has 43 heavy (non-hydrogen) atoms. The summed E-state index contributed by atoms with van der Waals surface area (Å²) in [6, 6.07) is -2.55. The van der Waals surface area contributed by atoms with E-state index in [0.717, 1.165) is 0 Å². The normalized spacial score (nSPS) is 12.9. The van der Waals surface area contributed by atoms with Crippen LogP contribution in [0.4, 0.5) is 0 Å². The zero-order valence-corrected chi connectivity index (χ0v) is 25.0. The van der Waals surface area contributed by atoms with E-state index in [1.165, 1.54) is 6.92 Å². The molecule has 0 spiro atoms. The predicted molar refractivity (Wildman–Crippen MR) is 146 cm³/mol. The minimum absolute atomic E-state index is 0.0234. The Morgan fingerprint density at radius 3 is 1.93 bits per heavy atom. The van der Waals surface area contributed by atoms with Crippen molar-refractivity contribution in [3.05, 3.63) is 0 Å². The molecule has 4 amide bonds. The van der Waals surface area contributed by atoms with E-state index in [0.29, 0.717) is 0 Å². The van der Waals surface area contributed by atoms with Crippen molar-refractivity contribution in [1.29, 1.82) is 0 Å². The summed E-state index contributed by atoms with van der Waals surface area (Å²) < 4.78 is 65.5. The summed E-state index contributed by atoms with van der Waals surface area (Å²) in [7, 11) is -8.29. The van der Waals surface area contributed by atoms with Crippen LogP contribution in [0.15, 0.2) is 0 Å². The maximum Gasteiger partial charge on any atom is 0.326 e. The quantitative estimate of drug-likeness (QED) is 0.0399. The van der Waals surface area contributed by atoms with E-state index in [-0.39, 0.29) is 58.5 Å².